The quantitative estimate of drug-likeness (QED) is 0.513. The number of benzene rings is 2. The number of pyridine rings is 1. The summed E-state index contributed by atoms with van der Waals surface area (Å²) in [5, 5.41) is 8.41. The van der Waals surface area contributed by atoms with Crippen LogP contribution >= 0.6 is 11.6 Å². The maximum atomic E-state index is 12.7. The summed E-state index contributed by atoms with van der Waals surface area (Å²) >= 11 is 6.21. The fourth-order valence-electron chi connectivity index (χ4n) is 4.23. The Balaban J connectivity index is 1.23. The molecule has 5 rings (SSSR count). The minimum atomic E-state index is -3.54. The first-order valence-electron chi connectivity index (χ1n) is 10.6. The van der Waals surface area contributed by atoms with E-state index in [1.165, 1.54) is 0 Å². The summed E-state index contributed by atoms with van der Waals surface area (Å²) in [4.78, 5) is 17.0. The van der Waals surface area contributed by atoms with Crippen LogP contribution in [0.25, 0.3) is 10.8 Å². The number of anilines is 1. The molecule has 2 heterocycles. The first kappa shape index (κ1) is 21.3. The molecule has 1 saturated heterocycles. The molecule has 1 aromatic heterocycles. The van der Waals surface area contributed by atoms with Crippen molar-refractivity contribution in [1.82, 2.24) is 15.0 Å². The van der Waals surface area contributed by atoms with Gasteiger partial charge in [0.2, 0.25) is 15.9 Å². The molecule has 0 bridgehead atoms. The Labute approximate surface area is 191 Å². The van der Waals surface area contributed by atoms with Crippen LogP contribution in [-0.2, 0) is 14.8 Å². The standard InChI is InChI=1S/C23H23ClN4O3S/c24-22-13-26-11-15-1-4-16(9-20(15)22)27-23(29)21-10-19(21)14-2-5-18(6-3-14)32(30,31)28-17-7-8-25-12-17/h1-6,9,11,13,17,19,21,25,28H,7-8,10,12H2,(H,27,29). The molecule has 1 aliphatic carbocycles. The third-order valence-corrected chi connectivity index (χ3v) is 7.95. The second-order valence-electron chi connectivity index (χ2n) is 8.38. The molecule has 2 aliphatic rings. The normalized spacial score (nSPS) is 22.7. The minimum absolute atomic E-state index is 0.0494. The Bertz CT molecular complexity index is 1270. The highest BCUT2D eigenvalue weighted by Crippen LogP contribution is 2.48. The molecule has 3 atom stereocenters. The minimum Gasteiger partial charge on any atom is -0.326 e. The van der Waals surface area contributed by atoms with Gasteiger partial charge in [-0.2, -0.15) is 0 Å². The monoisotopic (exact) mass is 470 g/mol. The Morgan fingerprint density at radius 2 is 1.94 bits per heavy atom. The van der Waals surface area contributed by atoms with E-state index in [-0.39, 0.29) is 28.7 Å². The third-order valence-electron chi connectivity index (χ3n) is 6.11. The van der Waals surface area contributed by atoms with Gasteiger partial charge in [0, 0.05) is 47.4 Å². The van der Waals surface area contributed by atoms with Crippen molar-refractivity contribution in [3.63, 3.8) is 0 Å². The molecule has 166 valence electrons. The molecule has 32 heavy (non-hydrogen) atoms. The van der Waals surface area contributed by atoms with Crippen molar-refractivity contribution in [2.75, 3.05) is 18.4 Å². The lowest BCUT2D eigenvalue weighted by molar-refractivity contribution is -0.117. The summed E-state index contributed by atoms with van der Waals surface area (Å²) in [6.07, 6.45) is 4.84. The average molecular weight is 471 g/mol. The lowest BCUT2D eigenvalue weighted by Gasteiger charge is -2.12. The van der Waals surface area contributed by atoms with Gasteiger partial charge in [0.25, 0.3) is 0 Å². The van der Waals surface area contributed by atoms with E-state index in [0.29, 0.717) is 17.3 Å². The number of nitrogens with one attached hydrogen (secondary N) is 3. The summed E-state index contributed by atoms with van der Waals surface area (Å²) in [5.41, 5.74) is 1.66. The predicted molar refractivity (Wildman–Crippen MR) is 124 cm³/mol. The van der Waals surface area contributed by atoms with Gasteiger partial charge in [-0.3, -0.25) is 9.78 Å². The van der Waals surface area contributed by atoms with Gasteiger partial charge in [-0.05, 0) is 55.1 Å². The number of fused-ring (bicyclic) bond motifs is 1. The molecule has 3 aromatic rings. The third kappa shape index (κ3) is 4.36. The smallest absolute Gasteiger partial charge is 0.240 e. The number of sulfonamides is 1. The number of amides is 1. The zero-order valence-corrected chi connectivity index (χ0v) is 18.8. The second kappa shape index (κ2) is 8.44. The van der Waals surface area contributed by atoms with E-state index in [9.17, 15) is 13.2 Å². The van der Waals surface area contributed by atoms with Crippen molar-refractivity contribution in [2.24, 2.45) is 5.92 Å². The molecule has 7 nitrogen and oxygen atoms in total. The first-order chi connectivity index (χ1) is 15.4. The van der Waals surface area contributed by atoms with Gasteiger partial charge in [-0.25, -0.2) is 13.1 Å². The van der Waals surface area contributed by atoms with E-state index < -0.39 is 10.0 Å². The van der Waals surface area contributed by atoms with Gasteiger partial charge in [0.15, 0.2) is 0 Å². The van der Waals surface area contributed by atoms with Crippen LogP contribution in [0.1, 0.15) is 24.3 Å². The number of hydrogen-bond donors (Lipinski definition) is 3. The van der Waals surface area contributed by atoms with Gasteiger partial charge in [0.05, 0.1) is 9.92 Å². The highest BCUT2D eigenvalue weighted by molar-refractivity contribution is 7.89. The lowest BCUT2D eigenvalue weighted by atomic mass is 10.1. The lowest BCUT2D eigenvalue weighted by Crippen LogP contribution is -2.36. The van der Waals surface area contributed by atoms with E-state index in [0.717, 1.165) is 35.7 Å². The van der Waals surface area contributed by atoms with Crippen molar-refractivity contribution in [3.8, 4) is 0 Å². The molecule has 0 spiro atoms. The highest BCUT2D eigenvalue weighted by Gasteiger charge is 2.44. The fraction of sp³-hybridized carbons (Fsp3) is 0.304. The Morgan fingerprint density at radius 1 is 1.12 bits per heavy atom. The second-order valence-corrected chi connectivity index (χ2v) is 10.5. The van der Waals surface area contributed by atoms with Crippen LogP contribution in [0.3, 0.4) is 0 Å². The van der Waals surface area contributed by atoms with Crippen molar-refractivity contribution in [3.05, 3.63) is 65.4 Å². The Kier molecular flexibility index (Phi) is 5.63. The summed E-state index contributed by atoms with van der Waals surface area (Å²) in [6.45, 7) is 1.47. The molecule has 1 amide bonds. The van der Waals surface area contributed by atoms with Gasteiger partial charge in [0.1, 0.15) is 0 Å². The molecule has 9 heteroatoms. The van der Waals surface area contributed by atoms with E-state index in [1.807, 2.05) is 30.3 Å². The van der Waals surface area contributed by atoms with Gasteiger partial charge >= 0.3 is 0 Å². The maximum Gasteiger partial charge on any atom is 0.240 e. The zero-order valence-electron chi connectivity index (χ0n) is 17.2. The summed E-state index contributed by atoms with van der Waals surface area (Å²) in [5.74, 6) is -0.0950. The van der Waals surface area contributed by atoms with Gasteiger partial charge in [-0.15, -0.1) is 0 Å². The summed E-state index contributed by atoms with van der Waals surface area (Å²) < 4.78 is 27.9. The number of halogens is 1. The van der Waals surface area contributed by atoms with Crippen molar-refractivity contribution < 1.29 is 13.2 Å². The van der Waals surface area contributed by atoms with E-state index in [2.05, 4.69) is 20.3 Å². The van der Waals surface area contributed by atoms with Crippen LogP contribution in [-0.4, -0.2) is 38.4 Å². The molecular formula is C23H23ClN4O3S. The summed E-state index contributed by atoms with van der Waals surface area (Å²) in [6, 6.07) is 12.3. The van der Waals surface area contributed by atoms with Crippen LogP contribution in [0, 0.1) is 5.92 Å². The number of carbonyl (C=O) groups is 1. The van der Waals surface area contributed by atoms with Crippen molar-refractivity contribution in [2.45, 2.75) is 29.7 Å². The van der Waals surface area contributed by atoms with Crippen LogP contribution in [0.4, 0.5) is 5.69 Å². The molecule has 1 aliphatic heterocycles. The topological polar surface area (TPSA) is 100 Å². The van der Waals surface area contributed by atoms with Gasteiger partial charge < -0.3 is 10.6 Å². The van der Waals surface area contributed by atoms with Crippen molar-refractivity contribution in [1.29, 1.82) is 0 Å². The Hall–Kier alpha value is -2.52. The largest absolute Gasteiger partial charge is 0.326 e. The number of hydrogen-bond acceptors (Lipinski definition) is 5. The molecule has 0 radical (unpaired) electrons. The van der Waals surface area contributed by atoms with Gasteiger partial charge in [-0.1, -0.05) is 29.8 Å². The van der Waals surface area contributed by atoms with E-state index >= 15 is 0 Å². The molecule has 2 aromatic carbocycles. The number of rotatable bonds is 6. The maximum absolute atomic E-state index is 12.7. The predicted octanol–water partition coefficient (Wildman–Crippen LogP) is 3.27. The highest BCUT2D eigenvalue weighted by atomic mass is 35.5. The zero-order chi connectivity index (χ0) is 22.3. The summed E-state index contributed by atoms with van der Waals surface area (Å²) in [7, 11) is -3.54. The Morgan fingerprint density at radius 3 is 2.69 bits per heavy atom. The SMILES string of the molecule is O=C(Nc1ccc2cncc(Cl)c2c1)C1CC1c1ccc(S(=O)(=O)NC2CCNC2)cc1. The fourth-order valence-corrected chi connectivity index (χ4v) is 5.72. The average Bonchev–Trinajstić information content (AvgIpc) is 3.44. The number of carbonyl (C=O) groups excluding carboxylic acids is 1. The van der Waals surface area contributed by atoms with Crippen LogP contribution in [0.2, 0.25) is 5.02 Å². The van der Waals surface area contributed by atoms with E-state index in [1.54, 1.807) is 24.5 Å². The molecule has 3 unspecified atom stereocenters. The number of nitrogens with zero attached hydrogens (tertiary/aromatic N) is 1. The molecule has 1 saturated carbocycles. The van der Waals surface area contributed by atoms with Crippen LogP contribution in [0.15, 0.2) is 59.8 Å². The number of aromatic nitrogens is 1. The molecule has 3 N–H and O–H groups in total. The van der Waals surface area contributed by atoms with Crippen LogP contribution in [0.5, 0.6) is 0 Å². The van der Waals surface area contributed by atoms with Crippen molar-refractivity contribution >= 4 is 44.0 Å². The molecule has 2 fully saturated rings. The van der Waals surface area contributed by atoms with Crippen LogP contribution < -0.4 is 15.4 Å². The molecular weight excluding hydrogens is 448 g/mol. The first-order valence-corrected chi connectivity index (χ1v) is 12.4. The van der Waals surface area contributed by atoms with E-state index in [4.69, 9.17) is 11.6 Å².